The monoisotopic (exact) mass is 234 g/mol. The van der Waals surface area contributed by atoms with E-state index in [1.54, 1.807) is 0 Å². The summed E-state index contributed by atoms with van der Waals surface area (Å²) in [6.45, 7) is 9.07. The zero-order chi connectivity index (χ0) is 12.8. The first-order chi connectivity index (χ1) is 7.97. The van der Waals surface area contributed by atoms with Crippen molar-refractivity contribution in [1.82, 2.24) is 4.90 Å². The molecule has 1 rings (SSSR count). The van der Waals surface area contributed by atoms with Crippen LogP contribution in [-0.4, -0.2) is 18.5 Å². The van der Waals surface area contributed by atoms with Gasteiger partial charge in [-0.1, -0.05) is 32.9 Å². The van der Waals surface area contributed by atoms with Crippen LogP contribution < -0.4 is 5.73 Å². The maximum atomic E-state index is 5.68. The molecule has 1 aromatic rings. The van der Waals surface area contributed by atoms with Gasteiger partial charge in [-0.15, -0.1) is 0 Å². The number of hydrogen-bond donors (Lipinski definition) is 1. The van der Waals surface area contributed by atoms with Crippen LogP contribution in [0, 0.1) is 11.8 Å². The van der Waals surface area contributed by atoms with Crippen LogP contribution >= 0.6 is 0 Å². The average Bonchev–Trinajstić information content (AvgIpc) is 2.19. The molecule has 0 fully saturated rings. The van der Waals surface area contributed by atoms with Gasteiger partial charge in [0.05, 0.1) is 0 Å². The maximum absolute atomic E-state index is 5.68. The fourth-order valence-electron chi connectivity index (χ4n) is 2.41. The second-order valence-corrected chi connectivity index (χ2v) is 5.67. The molecule has 1 atom stereocenters. The highest BCUT2D eigenvalue weighted by Gasteiger charge is 2.08. The Kier molecular flexibility index (Phi) is 5.49. The molecule has 0 saturated carbocycles. The summed E-state index contributed by atoms with van der Waals surface area (Å²) in [5.74, 6) is 1.55. The molecule has 0 bridgehead atoms. The van der Waals surface area contributed by atoms with E-state index in [-0.39, 0.29) is 0 Å². The molecular formula is C15H26N2. The van der Waals surface area contributed by atoms with Crippen molar-refractivity contribution in [2.24, 2.45) is 11.8 Å². The highest BCUT2D eigenvalue weighted by molar-refractivity contribution is 5.39. The molecule has 0 saturated heterocycles. The second-order valence-electron chi connectivity index (χ2n) is 5.67. The summed E-state index contributed by atoms with van der Waals surface area (Å²) in [6, 6.07) is 8.17. The van der Waals surface area contributed by atoms with Gasteiger partial charge in [0.2, 0.25) is 0 Å². The normalized spacial score (nSPS) is 13.3. The van der Waals surface area contributed by atoms with Crippen molar-refractivity contribution in [3.63, 3.8) is 0 Å². The summed E-state index contributed by atoms with van der Waals surface area (Å²) in [5.41, 5.74) is 7.85. The van der Waals surface area contributed by atoms with Crippen molar-refractivity contribution in [3.05, 3.63) is 29.8 Å². The molecule has 17 heavy (non-hydrogen) atoms. The van der Waals surface area contributed by atoms with Gasteiger partial charge in [0.25, 0.3) is 0 Å². The molecule has 2 nitrogen and oxygen atoms in total. The van der Waals surface area contributed by atoms with Crippen molar-refractivity contribution in [2.45, 2.75) is 33.7 Å². The van der Waals surface area contributed by atoms with E-state index in [4.69, 9.17) is 5.73 Å². The van der Waals surface area contributed by atoms with Crippen LogP contribution in [0.5, 0.6) is 0 Å². The lowest BCUT2D eigenvalue weighted by atomic mass is 9.98. The molecule has 0 aliphatic rings. The van der Waals surface area contributed by atoms with E-state index in [9.17, 15) is 0 Å². The summed E-state index contributed by atoms with van der Waals surface area (Å²) in [4.78, 5) is 2.39. The molecule has 0 radical (unpaired) electrons. The summed E-state index contributed by atoms with van der Waals surface area (Å²) < 4.78 is 0. The van der Waals surface area contributed by atoms with Crippen LogP contribution in [-0.2, 0) is 6.54 Å². The quantitative estimate of drug-likeness (QED) is 0.765. The Balaban J connectivity index is 2.38. The first-order valence-electron chi connectivity index (χ1n) is 6.50. The minimum atomic E-state index is 0.758. The molecule has 1 aromatic carbocycles. The van der Waals surface area contributed by atoms with Gasteiger partial charge in [-0.3, -0.25) is 0 Å². The molecule has 1 unspecified atom stereocenters. The summed E-state index contributed by atoms with van der Waals surface area (Å²) in [5, 5.41) is 0. The van der Waals surface area contributed by atoms with Crippen LogP contribution in [0.25, 0.3) is 0 Å². The van der Waals surface area contributed by atoms with E-state index >= 15 is 0 Å². The predicted octanol–water partition coefficient (Wildman–Crippen LogP) is 3.38. The van der Waals surface area contributed by atoms with Crippen molar-refractivity contribution in [3.8, 4) is 0 Å². The summed E-state index contributed by atoms with van der Waals surface area (Å²) in [6.07, 6.45) is 1.30. The zero-order valence-electron chi connectivity index (χ0n) is 11.6. The molecule has 0 aromatic heterocycles. The van der Waals surface area contributed by atoms with Gasteiger partial charge in [-0.25, -0.2) is 0 Å². The Bertz CT molecular complexity index is 316. The lowest BCUT2D eigenvalue weighted by molar-refractivity contribution is 0.258. The van der Waals surface area contributed by atoms with Crippen LogP contribution in [0.3, 0.4) is 0 Å². The number of nitrogen functional groups attached to an aromatic ring is 1. The fraction of sp³-hybridized carbons (Fsp3) is 0.600. The van der Waals surface area contributed by atoms with E-state index in [2.05, 4.69) is 44.9 Å². The number of anilines is 1. The highest BCUT2D eigenvalue weighted by atomic mass is 15.1. The zero-order valence-corrected chi connectivity index (χ0v) is 11.6. The molecule has 0 amide bonds. The first kappa shape index (κ1) is 14.0. The molecule has 2 heteroatoms. The van der Waals surface area contributed by atoms with E-state index in [0.29, 0.717) is 0 Å². The van der Waals surface area contributed by atoms with E-state index in [1.807, 2.05) is 12.1 Å². The Morgan fingerprint density at radius 3 is 2.24 bits per heavy atom. The number of benzene rings is 1. The largest absolute Gasteiger partial charge is 0.399 e. The van der Waals surface area contributed by atoms with Crippen LogP contribution in [0.2, 0.25) is 0 Å². The Morgan fingerprint density at radius 1 is 1.12 bits per heavy atom. The Labute approximate surface area is 106 Å². The summed E-state index contributed by atoms with van der Waals surface area (Å²) >= 11 is 0. The minimum Gasteiger partial charge on any atom is -0.399 e. The average molecular weight is 234 g/mol. The van der Waals surface area contributed by atoms with Crippen LogP contribution in [0.4, 0.5) is 5.69 Å². The number of nitrogens with zero attached hydrogens (tertiary/aromatic N) is 1. The highest BCUT2D eigenvalue weighted by Crippen LogP contribution is 2.14. The topological polar surface area (TPSA) is 29.3 Å². The lowest BCUT2D eigenvalue weighted by Crippen LogP contribution is -2.24. The Morgan fingerprint density at radius 2 is 1.71 bits per heavy atom. The van der Waals surface area contributed by atoms with Crippen molar-refractivity contribution in [2.75, 3.05) is 19.3 Å². The predicted molar refractivity (Wildman–Crippen MR) is 75.8 cm³/mol. The van der Waals surface area contributed by atoms with Crippen LogP contribution in [0.1, 0.15) is 32.8 Å². The molecule has 96 valence electrons. The molecule has 0 heterocycles. The first-order valence-corrected chi connectivity index (χ1v) is 6.50. The SMILES string of the molecule is CC(C)CC(C)CN(C)Cc1ccc(N)cc1. The fourth-order valence-corrected chi connectivity index (χ4v) is 2.41. The minimum absolute atomic E-state index is 0.758. The van der Waals surface area contributed by atoms with Gasteiger partial charge in [0.1, 0.15) is 0 Å². The molecule has 0 aliphatic heterocycles. The maximum Gasteiger partial charge on any atom is 0.0314 e. The van der Waals surface area contributed by atoms with Crippen molar-refractivity contribution >= 4 is 5.69 Å². The van der Waals surface area contributed by atoms with Gasteiger partial charge in [-0.05, 0) is 43.0 Å². The smallest absolute Gasteiger partial charge is 0.0314 e. The van der Waals surface area contributed by atoms with Gasteiger partial charge in [0, 0.05) is 18.8 Å². The van der Waals surface area contributed by atoms with Gasteiger partial charge in [-0.2, -0.15) is 0 Å². The third-order valence-corrected chi connectivity index (χ3v) is 2.93. The molecule has 0 aliphatic carbocycles. The van der Waals surface area contributed by atoms with Crippen LogP contribution in [0.15, 0.2) is 24.3 Å². The summed E-state index contributed by atoms with van der Waals surface area (Å²) in [7, 11) is 2.19. The van der Waals surface area contributed by atoms with E-state index in [1.165, 1.54) is 12.0 Å². The third-order valence-electron chi connectivity index (χ3n) is 2.93. The Hall–Kier alpha value is -1.02. The molecule has 2 N–H and O–H groups in total. The number of rotatable bonds is 6. The van der Waals surface area contributed by atoms with Gasteiger partial charge in [0.15, 0.2) is 0 Å². The third kappa shape index (κ3) is 5.73. The standard InChI is InChI=1S/C15H26N2/c1-12(2)9-13(3)10-17(4)11-14-5-7-15(16)8-6-14/h5-8,12-13H,9-11,16H2,1-4H3. The van der Waals surface area contributed by atoms with E-state index < -0.39 is 0 Å². The molecular weight excluding hydrogens is 208 g/mol. The number of hydrogen-bond acceptors (Lipinski definition) is 2. The second kappa shape index (κ2) is 6.65. The van der Waals surface area contributed by atoms with E-state index in [0.717, 1.165) is 30.6 Å². The molecule has 0 spiro atoms. The van der Waals surface area contributed by atoms with Gasteiger partial charge < -0.3 is 10.6 Å². The van der Waals surface area contributed by atoms with Crippen molar-refractivity contribution in [1.29, 1.82) is 0 Å². The van der Waals surface area contributed by atoms with Gasteiger partial charge >= 0.3 is 0 Å². The lowest BCUT2D eigenvalue weighted by Gasteiger charge is -2.22. The number of nitrogens with two attached hydrogens (primary N) is 1. The van der Waals surface area contributed by atoms with Crippen molar-refractivity contribution < 1.29 is 0 Å².